The predicted molar refractivity (Wildman–Crippen MR) is 62.5 cm³/mol. The van der Waals surface area contributed by atoms with Crippen molar-refractivity contribution in [1.82, 2.24) is 5.32 Å². The molecule has 4 nitrogen and oxygen atoms in total. The first-order valence-corrected chi connectivity index (χ1v) is 5.55. The molecule has 1 amide bonds. The molecule has 0 fully saturated rings. The first-order chi connectivity index (χ1) is 7.25. The van der Waals surface area contributed by atoms with Gasteiger partial charge in [0.15, 0.2) is 0 Å². The molecular weight excluding hydrogens is 204 g/mol. The monoisotopic (exact) mass is 226 g/mol. The third-order valence-electron chi connectivity index (χ3n) is 2.59. The Bertz CT molecular complexity index is 277. The highest BCUT2D eigenvalue weighted by Gasteiger charge is 2.28. The summed E-state index contributed by atoms with van der Waals surface area (Å²) in [5.74, 6) is -0.243. The van der Waals surface area contributed by atoms with Crippen LogP contribution in [-0.2, 0) is 4.79 Å². The zero-order valence-electron chi connectivity index (χ0n) is 10.6. The number of amides is 1. The van der Waals surface area contributed by atoms with Gasteiger partial charge in [-0.3, -0.25) is 4.79 Å². The molecule has 0 unspecified atom stereocenters. The smallest absolute Gasteiger partial charge is 0.239 e. The summed E-state index contributed by atoms with van der Waals surface area (Å²) < 4.78 is 0. The molecule has 0 aromatic rings. The van der Waals surface area contributed by atoms with Crippen LogP contribution in [0.15, 0.2) is 0 Å². The van der Waals surface area contributed by atoms with Gasteiger partial charge in [0.05, 0.1) is 6.07 Å². The van der Waals surface area contributed by atoms with Gasteiger partial charge in [-0.15, -0.1) is 0 Å². The maximum absolute atomic E-state index is 11.6. The number of carbonyl (C=O) groups excluding carboxylic acids is 1. The molecule has 2 N–H and O–H groups in total. The topological polar surface area (TPSA) is 73.1 Å². The second-order valence-electron chi connectivity index (χ2n) is 5.41. The number of aliphatic hydroxyl groups is 1. The van der Waals surface area contributed by atoms with E-state index >= 15 is 0 Å². The van der Waals surface area contributed by atoms with E-state index in [9.17, 15) is 4.79 Å². The second kappa shape index (κ2) is 5.86. The van der Waals surface area contributed by atoms with Crippen molar-refractivity contribution in [3.63, 3.8) is 0 Å². The van der Waals surface area contributed by atoms with E-state index in [1.165, 1.54) is 0 Å². The van der Waals surface area contributed by atoms with E-state index in [2.05, 4.69) is 5.32 Å². The molecule has 16 heavy (non-hydrogen) atoms. The van der Waals surface area contributed by atoms with Gasteiger partial charge in [-0.2, -0.15) is 5.26 Å². The van der Waals surface area contributed by atoms with E-state index in [-0.39, 0.29) is 17.9 Å². The van der Waals surface area contributed by atoms with E-state index in [4.69, 9.17) is 10.4 Å². The molecule has 0 atom stereocenters. The third kappa shape index (κ3) is 5.13. The van der Waals surface area contributed by atoms with Crippen LogP contribution in [0.3, 0.4) is 0 Å². The Hall–Kier alpha value is -1.08. The number of hydrogen-bond acceptors (Lipinski definition) is 3. The Kier molecular flexibility index (Phi) is 5.46. The van der Waals surface area contributed by atoms with Crippen LogP contribution in [0.4, 0.5) is 0 Å². The van der Waals surface area contributed by atoms with Crippen molar-refractivity contribution in [2.75, 3.05) is 13.2 Å². The molecule has 0 saturated carbocycles. The molecule has 0 rings (SSSR count). The number of aliphatic hydroxyl groups excluding tert-OH is 1. The Labute approximate surface area is 97.7 Å². The summed E-state index contributed by atoms with van der Waals surface area (Å²) >= 11 is 0. The standard InChI is InChI=1S/C12H22N2O2/c1-11(2,6-5-7-15)9-14-10(16)12(3,4)8-13/h15H,5-7,9H2,1-4H3,(H,14,16). The molecule has 0 saturated heterocycles. The van der Waals surface area contributed by atoms with Crippen molar-refractivity contribution >= 4 is 5.91 Å². The van der Waals surface area contributed by atoms with Gasteiger partial charge in [0.25, 0.3) is 0 Å². The van der Waals surface area contributed by atoms with Crippen LogP contribution in [0.1, 0.15) is 40.5 Å². The molecule has 0 heterocycles. The lowest BCUT2D eigenvalue weighted by Gasteiger charge is -2.26. The molecule has 0 bridgehead atoms. The van der Waals surface area contributed by atoms with E-state index in [0.29, 0.717) is 6.54 Å². The summed E-state index contributed by atoms with van der Waals surface area (Å²) in [5, 5.41) is 20.3. The number of nitrogens with zero attached hydrogens (tertiary/aromatic N) is 1. The summed E-state index contributed by atoms with van der Waals surface area (Å²) in [6.07, 6.45) is 1.57. The maximum Gasteiger partial charge on any atom is 0.239 e. The molecule has 0 aliphatic rings. The van der Waals surface area contributed by atoms with Gasteiger partial charge in [-0.1, -0.05) is 13.8 Å². The van der Waals surface area contributed by atoms with Gasteiger partial charge in [0.1, 0.15) is 5.41 Å². The van der Waals surface area contributed by atoms with E-state index in [1.54, 1.807) is 13.8 Å². The Balaban J connectivity index is 4.15. The number of rotatable bonds is 6. The van der Waals surface area contributed by atoms with Gasteiger partial charge < -0.3 is 10.4 Å². The van der Waals surface area contributed by atoms with Crippen molar-refractivity contribution in [3.05, 3.63) is 0 Å². The third-order valence-corrected chi connectivity index (χ3v) is 2.59. The zero-order chi connectivity index (χ0) is 12.8. The fourth-order valence-corrected chi connectivity index (χ4v) is 1.24. The van der Waals surface area contributed by atoms with Crippen LogP contribution in [-0.4, -0.2) is 24.2 Å². The summed E-state index contributed by atoms with van der Waals surface area (Å²) in [6, 6.07) is 1.97. The van der Waals surface area contributed by atoms with Gasteiger partial charge in [-0.05, 0) is 32.1 Å². The lowest BCUT2D eigenvalue weighted by atomic mass is 9.87. The predicted octanol–water partition coefficient (Wildman–Crippen LogP) is 1.45. The van der Waals surface area contributed by atoms with Crippen molar-refractivity contribution < 1.29 is 9.90 Å². The van der Waals surface area contributed by atoms with Crippen LogP contribution >= 0.6 is 0 Å². The first-order valence-electron chi connectivity index (χ1n) is 5.55. The molecule has 0 aromatic heterocycles. The van der Waals surface area contributed by atoms with E-state index in [1.807, 2.05) is 19.9 Å². The Morgan fingerprint density at radius 2 is 1.94 bits per heavy atom. The average Bonchev–Trinajstić information content (AvgIpc) is 2.23. The lowest BCUT2D eigenvalue weighted by Crippen LogP contribution is -2.41. The molecule has 0 radical (unpaired) electrons. The number of nitriles is 1. The minimum absolute atomic E-state index is 0.0517. The Morgan fingerprint density at radius 3 is 2.38 bits per heavy atom. The zero-order valence-corrected chi connectivity index (χ0v) is 10.6. The van der Waals surface area contributed by atoms with E-state index in [0.717, 1.165) is 12.8 Å². The average molecular weight is 226 g/mol. The fraction of sp³-hybridized carbons (Fsp3) is 0.833. The van der Waals surface area contributed by atoms with Crippen molar-refractivity contribution in [2.45, 2.75) is 40.5 Å². The van der Waals surface area contributed by atoms with Gasteiger partial charge >= 0.3 is 0 Å². The minimum atomic E-state index is -0.979. The molecule has 0 spiro atoms. The maximum atomic E-state index is 11.6. The van der Waals surface area contributed by atoms with Crippen molar-refractivity contribution in [2.24, 2.45) is 10.8 Å². The molecule has 92 valence electrons. The molecule has 0 aliphatic heterocycles. The number of carbonyl (C=O) groups is 1. The molecule has 0 aliphatic carbocycles. The van der Waals surface area contributed by atoms with Crippen LogP contribution in [0.2, 0.25) is 0 Å². The van der Waals surface area contributed by atoms with Crippen molar-refractivity contribution in [1.29, 1.82) is 5.26 Å². The number of hydrogen-bond donors (Lipinski definition) is 2. The summed E-state index contributed by atoms with van der Waals surface area (Å²) in [6.45, 7) is 7.95. The highest BCUT2D eigenvalue weighted by atomic mass is 16.2. The highest BCUT2D eigenvalue weighted by Crippen LogP contribution is 2.21. The largest absolute Gasteiger partial charge is 0.396 e. The van der Waals surface area contributed by atoms with Gasteiger partial charge in [0, 0.05) is 13.2 Å². The number of nitrogens with one attached hydrogen (secondary N) is 1. The highest BCUT2D eigenvalue weighted by molar-refractivity contribution is 5.84. The normalized spacial score (nSPS) is 12.0. The SMILES string of the molecule is CC(C)(CCCO)CNC(=O)C(C)(C)C#N. The Morgan fingerprint density at radius 1 is 1.38 bits per heavy atom. The fourth-order valence-electron chi connectivity index (χ4n) is 1.24. The van der Waals surface area contributed by atoms with E-state index < -0.39 is 5.41 Å². The van der Waals surface area contributed by atoms with Crippen LogP contribution < -0.4 is 5.32 Å². The van der Waals surface area contributed by atoms with Gasteiger partial charge in [-0.25, -0.2) is 0 Å². The lowest BCUT2D eigenvalue weighted by molar-refractivity contribution is -0.127. The van der Waals surface area contributed by atoms with Gasteiger partial charge in [0.2, 0.25) is 5.91 Å². The first kappa shape index (κ1) is 14.9. The molecule has 0 aromatic carbocycles. The summed E-state index contributed by atoms with van der Waals surface area (Å²) in [7, 11) is 0. The van der Waals surface area contributed by atoms with Crippen LogP contribution in [0.5, 0.6) is 0 Å². The summed E-state index contributed by atoms with van der Waals surface area (Å²) in [4.78, 5) is 11.6. The van der Waals surface area contributed by atoms with Crippen molar-refractivity contribution in [3.8, 4) is 6.07 Å². The van der Waals surface area contributed by atoms with Crippen LogP contribution in [0.25, 0.3) is 0 Å². The second-order valence-corrected chi connectivity index (χ2v) is 5.41. The quantitative estimate of drug-likeness (QED) is 0.720. The molecule has 4 heteroatoms. The summed E-state index contributed by atoms with van der Waals surface area (Å²) in [5.41, 5.74) is -1.03. The minimum Gasteiger partial charge on any atom is -0.396 e. The van der Waals surface area contributed by atoms with Crippen LogP contribution in [0, 0.1) is 22.2 Å². The molecular formula is C12H22N2O2.